The van der Waals surface area contributed by atoms with Gasteiger partial charge < -0.3 is 5.32 Å². The Balaban J connectivity index is 1.84. The van der Waals surface area contributed by atoms with E-state index in [0.29, 0.717) is 17.9 Å². The van der Waals surface area contributed by atoms with Crippen molar-refractivity contribution in [3.63, 3.8) is 0 Å². The number of aromatic nitrogens is 2. The van der Waals surface area contributed by atoms with Crippen LogP contribution in [0.1, 0.15) is 19.4 Å². The summed E-state index contributed by atoms with van der Waals surface area (Å²) in [5, 5.41) is 6.98. The highest BCUT2D eigenvalue weighted by Gasteiger charge is 2.29. The predicted molar refractivity (Wildman–Crippen MR) is 92.7 cm³/mol. The van der Waals surface area contributed by atoms with Crippen LogP contribution in [0.15, 0.2) is 47.3 Å². The molecular weight excluding hydrogens is 326 g/mol. The summed E-state index contributed by atoms with van der Waals surface area (Å²) >= 11 is 1.22. The molecule has 0 unspecified atom stereocenters. The van der Waals surface area contributed by atoms with Crippen molar-refractivity contribution >= 4 is 22.8 Å². The molecule has 124 valence electrons. The number of amides is 1. The monoisotopic (exact) mass is 343 g/mol. The van der Waals surface area contributed by atoms with E-state index in [4.69, 9.17) is 0 Å². The number of thioether (sulfide) groups is 1. The van der Waals surface area contributed by atoms with Crippen LogP contribution in [0.25, 0.3) is 11.3 Å². The van der Waals surface area contributed by atoms with Gasteiger partial charge in [-0.25, -0.2) is 4.68 Å². The molecule has 2 atom stereocenters. The molecule has 1 aliphatic rings. The summed E-state index contributed by atoms with van der Waals surface area (Å²) in [6, 6.07) is 11.2. The van der Waals surface area contributed by atoms with E-state index >= 15 is 0 Å². The Morgan fingerprint density at radius 1 is 1.25 bits per heavy atom. The van der Waals surface area contributed by atoms with Crippen LogP contribution in [0.5, 0.6) is 0 Å². The number of benzene rings is 1. The third-order valence-corrected chi connectivity index (χ3v) is 4.90. The fraction of sp³-hybridized carbons (Fsp3) is 0.294. The van der Waals surface area contributed by atoms with Crippen LogP contribution in [0.2, 0.25) is 0 Å². The molecule has 1 amide bonds. The first-order valence-corrected chi connectivity index (χ1v) is 8.67. The van der Waals surface area contributed by atoms with E-state index in [1.807, 2.05) is 30.3 Å². The molecule has 1 saturated heterocycles. The third kappa shape index (κ3) is 3.41. The Kier molecular flexibility index (Phi) is 4.80. The molecule has 6 nitrogen and oxygen atoms in total. The van der Waals surface area contributed by atoms with Crippen molar-refractivity contribution in [2.45, 2.75) is 25.4 Å². The SMILES string of the molecule is C[C@H](C(=O)N[C@@H]1CCSC1=O)n1nc(-c2ccccc2)ccc1=O. The lowest BCUT2D eigenvalue weighted by atomic mass is 10.1. The van der Waals surface area contributed by atoms with E-state index in [2.05, 4.69) is 10.4 Å². The Hall–Kier alpha value is -2.41. The minimum atomic E-state index is -0.792. The Labute approximate surface area is 143 Å². The quantitative estimate of drug-likeness (QED) is 0.912. The molecule has 0 aliphatic carbocycles. The van der Waals surface area contributed by atoms with Crippen LogP contribution in [0.4, 0.5) is 0 Å². The third-order valence-electron chi connectivity index (χ3n) is 3.89. The molecule has 1 aromatic carbocycles. The summed E-state index contributed by atoms with van der Waals surface area (Å²) in [4.78, 5) is 36.1. The van der Waals surface area contributed by atoms with Gasteiger partial charge in [0.15, 0.2) is 0 Å². The van der Waals surface area contributed by atoms with E-state index in [1.165, 1.54) is 17.8 Å². The Morgan fingerprint density at radius 2 is 2.00 bits per heavy atom. The molecule has 1 aliphatic heterocycles. The molecule has 0 radical (unpaired) electrons. The summed E-state index contributed by atoms with van der Waals surface area (Å²) in [6.45, 7) is 1.60. The molecule has 2 aromatic rings. The lowest BCUT2D eigenvalue weighted by Crippen LogP contribution is -2.43. The van der Waals surface area contributed by atoms with Crippen LogP contribution in [0, 0.1) is 0 Å². The molecule has 1 N–H and O–H groups in total. The maximum atomic E-state index is 12.4. The zero-order valence-corrected chi connectivity index (χ0v) is 14.0. The van der Waals surface area contributed by atoms with Crippen molar-refractivity contribution in [3.05, 3.63) is 52.8 Å². The second-order valence-corrected chi connectivity index (χ2v) is 6.66. The van der Waals surface area contributed by atoms with E-state index in [9.17, 15) is 14.4 Å². The smallest absolute Gasteiger partial charge is 0.267 e. The topological polar surface area (TPSA) is 81.1 Å². The van der Waals surface area contributed by atoms with Crippen molar-refractivity contribution in [1.29, 1.82) is 0 Å². The van der Waals surface area contributed by atoms with Crippen molar-refractivity contribution < 1.29 is 9.59 Å². The number of hydrogen-bond donors (Lipinski definition) is 1. The first-order valence-electron chi connectivity index (χ1n) is 7.68. The molecule has 7 heteroatoms. The van der Waals surface area contributed by atoms with Crippen molar-refractivity contribution in [3.8, 4) is 11.3 Å². The average molecular weight is 343 g/mol. The first-order chi connectivity index (χ1) is 11.6. The molecular formula is C17H17N3O3S. The fourth-order valence-corrected chi connectivity index (χ4v) is 3.43. The average Bonchev–Trinajstić information content (AvgIpc) is 3.00. The van der Waals surface area contributed by atoms with E-state index in [0.717, 1.165) is 10.2 Å². The highest BCUT2D eigenvalue weighted by molar-refractivity contribution is 8.14. The van der Waals surface area contributed by atoms with Crippen LogP contribution in [-0.2, 0) is 9.59 Å². The normalized spacial score (nSPS) is 18.4. The van der Waals surface area contributed by atoms with E-state index in [1.54, 1.807) is 13.0 Å². The second-order valence-electron chi connectivity index (χ2n) is 5.56. The van der Waals surface area contributed by atoms with Gasteiger partial charge in [0.05, 0.1) is 11.7 Å². The van der Waals surface area contributed by atoms with E-state index in [-0.39, 0.29) is 16.6 Å². The zero-order chi connectivity index (χ0) is 17.1. The lowest BCUT2D eigenvalue weighted by Gasteiger charge is -2.17. The molecule has 1 fully saturated rings. The number of carbonyl (C=O) groups is 2. The molecule has 3 rings (SSSR count). The largest absolute Gasteiger partial charge is 0.343 e. The minimum absolute atomic E-state index is 0.0334. The molecule has 24 heavy (non-hydrogen) atoms. The van der Waals surface area contributed by atoms with Gasteiger partial charge in [-0.15, -0.1) is 0 Å². The van der Waals surface area contributed by atoms with Gasteiger partial charge in [-0.3, -0.25) is 14.4 Å². The van der Waals surface area contributed by atoms with Crippen LogP contribution in [-0.4, -0.2) is 32.6 Å². The molecule has 0 bridgehead atoms. The number of nitrogens with zero attached hydrogens (tertiary/aromatic N) is 2. The van der Waals surface area contributed by atoms with Gasteiger partial charge in [-0.1, -0.05) is 42.1 Å². The molecule has 0 saturated carbocycles. The first kappa shape index (κ1) is 16.4. The standard InChI is InChI=1S/C17H17N3O3S/c1-11(16(22)18-14-9-10-24-17(14)23)20-15(21)8-7-13(19-20)12-5-3-2-4-6-12/h2-8,11,14H,9-10H2,1H3,(H,18,22)/t11-,14-/m1/s1. The highest BCUT2D eigenvalue weighted by atomic mass is 32.2. The summed E-state index contributed by atoms with van der Waals surface area (Å²) < 4.78 is 1.16. The van der Waals surface area contributed by atoms with Gasteiger partial charge >= 0.3 is 0 Å². The van der Waals surface area contributed by atoms with Gasteiger partial charge in [0, 0.05) is 17.4 Å². The lowest BCUT2D eigenvalue weighted by molar-refractivity contribution is -0.127. The summed E-state index contributed by atoms with van der Waals surface area (Å²) in [7, 11) is 0. The Morgan fingerprint density at radius 3 is 2.67 bits per heavy atom. The van der Waals surface area contributed by atoms with Gasteiger partial charge in [0.1, 0.15) is 6.04 Å². The molecule has 0 spiro atoms. The number of nitrogens with one attached hydrogen (secondary N) is 1. The zero-order valence-electron chi connectivity index (χ0n) is 13.1. The van der Waals surface area contributed by atoms with Crippen LogP contribution >= 0.6 is 11.8 Å². The maximum absolute atomic E-state index is 12.4. The van der Waals surface area contributed by atoms with Crippen molar-refractivity contribution in [1.82, 2.24) is 15.1 Å². The number of hydrogen-bond acceptors (Lipinski definition) is 5. The van der Waals surface area contributed by atoms with Gasteiger partial charge in [-0.05, 0) is 19.4 Å². The molecule has 2 heterocycles. The maximum Gasteiger partial charge on any atom is 0.267 e. The summed E-state index contributed by atoms with van der Waals surface area (Å²) in [6.07, 6.45) is 0.619. The van der Waals surface area contributed by atoms with Crippen molar-refractivity contribution in [2.24, 2.45) is 0 Å². The van der Waals surface area contributed by atoms with Gasteiger partial charge in [-0.2, -0.15) is 5.10 Å². The van der Waals surface area contributed by atoms with Gasteiger partial charge in [0.25, 0.3) is 5.56 Å². The minimum Gasteiger partial charge on any atom is -0.343 e. The van der Waals surface area contributed by atoms with Crippen LogP contribution in [0.3, 0.4) is 0 Å². The van der Waals surface area contributed by atoms with E-state index < -0.39 is 12.1 Å². The number of carbonyl (C=O) groups excluding carboxylic acids is 2. The second kappa shape index (κ2) is 7.00. The predicted octanol–water partition coefficient (Wildman–Crippen LogP) is 1.62. The van der Waals surface area contributed by atoms with Crippen LogP contribution < -0.4 is 10.9 Å². The Bertz CT molecular complexity index is 819. The van der Waals surface area contributed by atoms with Gasteiger partial charge in [0.2, 0.25) is 11.0 Å². The fourth-order valence-electron chi connectivity index (χ4n) is 2.50. The summed E-state index contributed by atoms with van der Waals surface area (Å²) in [5.74, 6) is 0.329. The summed E-state index contributed by atoms with van der Waals surface area (Å²) in [5.41, 5.74) is 1.12. The number of rotatable bonds is 4. The molecule has 1 aromatic heterocycles. The van der Waals surface area contributed by atoms with Crippen molar-refractivity contribution in [2.75, 3.05) is 5.75 Å². The highest BCUT2D eigenvalue weighted by Crippen LogP contribution is 2.20.